The molecule has 0 spiro atoms. The van der Waals surface area contributed by atoms with Gasteiger partial charge in [0.05, 0.1) is 17.2 Å². The van der Waals surface area contributed by atoms with E-state index in [1.54, 1.807) is 17.5 Å². The Balaban J connectivity index is 1.54. The molecule has 0 aliphatic carbocycles. The number of pyridine rings is 1. The van der Waals surface area contributed by atoms with E-state index in [4.69, 9.17) is 0 Å². The summed E-state index contributed by atoms with van der Waals surface area (Å²) in [6.45, 7) is 3.24. The highest BCUT2D eigenvalue weighted by Crippen LogP contribution is 2.36. The molecule has 4 nitrogen and oxygen atoms in total. The van der Waals surface area contributed by atoms with Crippen molar-refractivity contribution in [2.24, 2.45) is 5.92 Å². The molecule has 1 saturated heterocycles. The van der Waals surface area contributed by atoms with Crippen molar-refractivity contribution in [3.8, 4) is 0 Å². The summed E-state index contributed by atoms with van der Waals surface area (Å²) in [6, 6.07) is 9.13. The van der Waals surface area contributed by atoms with Gasteiger partial charge in [0.25, 0.3) is 0 Å². The van der Waals surface area contributed by atoms with Crippen LogP contribution < -0.4 is 10.2 Å². The van der Waals surface area contributed by atoms with Crippen LogP contribution in [0.1, 0.15) is 23.3 Å². The van der Waals surface area contributed by atoms with Crippen molar-refractivity contribution in [3.05, 3.63) is 53.0 Å². The highest BCUT2D eigenvalue weighted by atomic mass is 32.1. The summed E-state index contributed by atoms with van der Waals surface area (Å²) in [5, 5.41) is 3.55. The Bertz CT molecular complexity index is 1050. The van der Waals surface area contributed by atoms with E-state index in [0.717, 1.165) is 34.9 Å². The van der Waals surface area contributed by atoms with Crippen molar-refractivity contribution in [3.63, 3.8) is 0 Å². The van der Waals surface area contributed by atoms with E-state index in [0.29, 0.717) is 13.0 Å². The minimum atomic E-state index is -4.52. The number of nitrogens with one attached hydrogen (secondary N) is 1. The largest absolute Gasteiger partial charge is 0.418 e. The van der Waals surface area contributed by atoms with Crippen molar-refractivity contribution in [2.75, 3.05) is 23.3 Å². The smallest absolute Gasteiger partial charge is 0.355 e. The molecule has 4 rings (SSSR count). The minimum absolute atomic E-state index is 0.198. The quantitative estimate of drug-likeness (QED) is 0.612. The lowest BCUT2D eigenvalue weighted by Crippen LogP contribution is -2.41. The van der Waals surface area contributed by atoms with Gasteiger partial charge in [-0.3, -0.25) is 4.79 Å². The maximum atomic E-state index is 13.2. The van der Waals surface area contributed by atoms with Crippen LogP contribution >= 0.6 is 11.3 Å². The van der Waals surface area contributed by atoms with Crippen LogP contribution in [0.2, 0.25) is 0 Å². The van der Waals surface area contributed by atoms with Gasteiger partial charge in [0, 0.05) is 34.2 Å². The van der Waals surface area contributed by atoms with Gasteiger partial charge >= 0.3 is 6.18 Å². The predicted molar refractivity (Wildman–Crippen MR) is 109 cm³/mol. The molecule has 0 saturated carbocycles. The molecule has 1 aliphatic heterocycles. The first kappa shape index (κ1) is 19.7. The Hall–Kier alpha value is -2.61. The third-order valence-electron chi connectivity index (χ3n) is 5.13. The summed E-state index contributed by atoms with van der Waals surface area (Å²) in [5.74, 6) is 0.0435. The molecule has 3 aromatic rings. The van der Waals surface area contributed by atoms with Crippen molar-refractivity contribution in [1.29, 1.82) is 0 Å². The van der Waals surface area contributed by atoms with Crippen LogP contribution in [-0.4, -0.2) is 24.0 Å². The van der Waals surface area contributed by atoms with Gasteiger partial charge in [-0.15, -0.1) is 11.3 Å². The number of piperidine rings is 1. The van der Waals surface area contributed by atoms with E-state index in [2.05, 4.69) is 21.3 Å². The second kappa shape index (κ2) is 7.67. The van der Waals surface area contributed by atoms with Crippen LogP contribution in [0, 0.1) is 12.8 Å². The molecular formula is C21H20F3N3OS. The Morgan fingerprint density at radius 3 is 2.86 bits per heavy atom. The number of thiophene rings is 1. The number of benzene rings is 1. The Labute approximate surface area is 170 Å². The lowest BCUT2D eigenvalue weighted by atomic mass is 9.96. The van der Waals surface area contributed by atoms with Gasteiger partial charge in [0.15, 0.2) is 0 Å². The van der Waals surface area contributed by atoms with Gasteiger partial charge in [0.1, 0.15) is 5.82 Å². The van der Waals surface area contributed by atoms with Crippen LogP contribution in [0.5, 0.6) is 0 Å². The molecule has 1 aromatic carbocycles. The fourth-order valence-electron chi connectivity index (χ4n) is 3.79. The van der Waals surface area contributed by atoms with Crippen LogP contribution in [0.4, 0.5) is 24.7 Å². The molecule has 2 aromatic heterocycles. The number of carbonyl (C=O) groups excluding carboxylic acids is 1. The maximum Gasteiger partial charge on any atom is 0.418 e. The maximum absolute atomic E-state index is 13.2. The summed E-state index contributed by atoms with van der Waals surface area (Å²) in [4.78, 5) is 20.5. The Morgan fingerprint density at radius 2 is 2.07 bits per heavy atom. The molecular weight excluding hydrogens is 399 g/mol. The lowest BCUT2D eigenvalue weighted by Gasteiger charge is -2.33. The number of carbonyl (C=O) groups is 1. The molecule has 0 bridgehead atoms. The molecule has 1 unspecified atom stereocenters. The molecule has 152 valence electrons. The summed E-state index contributed by atoms with van der Waals surface area (Å²) in [6.07, 6.45) is -1.34. The topological polar surface area (TPSA) is 45.2 Å². The molecule has 8 heteroatoms. The Kier molecular flexibility index (Phi) is 5.21. The predicted octanol–water partition coefficient (Wildman–Crippen LogP) is 5.48. The van der Waals surface area contributed by atoms with E-state index in [1.807, 2.05) is 13.0 Å². The first-order chi connectivity index (χ1) is 13.8. The highest BCUT2D eigenvalue weighted by molar-refractivity contribution is 7.19. The van der Waals surface area contributed by atoms with Crippen LogP contribution in [0.3, 0.4) is 0 Å². The van der Waals surface area contributed by atoms with E-state index >= 15 is 0 Å². The van der Waals surface area contributed by atoms with Gasteiger partial charge in [-0.25, -0.2) is 4.98 Å². The second-order valence-corrected chi connectivity index (χ2v) is 8.51. The number of halogens is 3. The third kappa shape index (κ3) is 4.07. The number of rotatable bonds is 3. The second-order valence-electron chi connectivity index (χ2n) is 7.22. The average molecular weight is 419 g/mol. The number of aryl methyl sites for hydroxylation is 1. The van der Waals surface area contributed by atoms with Crippen molar-refractivity contribution in [2.45, 2.75) is 25.9 Å². The van der Waals surface area contributed by atoms with E-state index in [-0.39, 0.29) is 11.6 Å². The van der Waals surface area contributed by atoms with Gasteiger partial charge in [-0.05, 0) is 44.0 Å². The molecule has 1 N–H and O–H groups in total. The van der Waals surface area contributed by atoms with E-state index in [9.17, 15) is 18.0 Å². The monoisotopic (exact) mass is 419 g/mol. The average Bonchev–Trinajstić information content (AvgIpc) is 3.08. The van der Waals surface area contributed by atoms with Crippen molar-refractivity contribution < 1.29 is 18.0 Å². The molecule has 29 heavy (non-hydrogen) atoms. The van der Waals surface area contributed by atoms with Crippen LogP contribution in [0.15, 0.2) is 42.6 Å². The molecule has 1 aliphatic rings. The number of nitrogens with zero attached hydrogens (tertiary/aromatic N) is 2. The standard InChI is InChI=1S/C21H20F3N3OS/c1-13-11-15-18(29-13)8-9-25-19(15)27-10-4-5-14(12-27)20(28)26-17-7-3-2-6-16(17)21(22,23)24/h2-3,6-9,11,14H,4-5,10,12H2,1H3,(H,26,28). The summed E-state index contributed by atoms with van der Waals surface area (Å²) in [5.41, 5.74) is -1.03. The summed E-state index contributed by atoms with van der Waals surface area (Å²) in [7, 11) is 0. The lowest BCUT2D eigenvalue weighted by molar-refractivity contribution is -0.137. The molecule has 1 amide bonds. The highest BCUT2D eigenvalue weighted by Gasteiger charge is 2.34. The zero-order valence-electron chi connectivity index (χ0n) is 15.8. The van der Waals surface area contributed by atoms with Crippen molar-refractivity contribution in [1.82, 2.24) is 4.98 Å². The molecule has 3 heterocycles. The minimum Gasteiger partial charge on any atom is -0.355 e. The number of alkyl halides is 3. The zero-order chi connectivity index (χ0) is 20.6. The van der Waals surface area contributed by atoms with Gasteiger partial charge in [-0.2, -0.15) is 13.2 Å². The fourth-order valence-corrected chi connectivity index (χ4v) is 4.70. The number of hydrogen-bond acceptors (Lipinski definition) is 4. The number of aromatic nitrogens is 1. The first-order valence-corrected chi connectivity index (χ1v) is 10.2. The molecule has 1 fully saturated rings. The van der Waals surface area contributed by atoms with Crippen LogP contribution in [-0.2, 0) is 11.0 Å². The van der Waals surface area contributed by atoms with Gasteiger partial charge < -0.3 is 10.2 Å². The number of hydrogen-bond donors (Lipinski definition) is 1. The molecule has 1 atom stereocenters. The third-order valence-corrected chi connectivity index (χ3v) is 6.15. The number of fused-ring (bicyclic) bond motifs is 1. The number of amides is 1. The van der Waals surface area contributed by atoms with Gasteiger partial charge in [-0.1, -0.05) is 12.1 Å². The Morgan fingerprint density at radius 1 is 1.28 bits per heavy atom. The normalized spacial score (nSPS) is 17.5. The molecule has 0 radical (unpaired) electrons. The van der Waals surface area contributed by atoms with Gasteiger partial charge in [0.2, 0.25) is 5.91 Å². The zero-order valence-corrected chi connectivity index (χ0v) is 16.6. The SMILES string of the molecule is Cc1cc2c(N3CCCC(C(=O)Nc4ccccc4C(F)(F)F)C3)nccc2s1. The first-order valence-electron chi connectivity index (χ1n) is 9.40. The summed E-state index contributed by atoms with van der Waals surface area (Å²) < 4.78 is 40.8. The fraction of sp³-hybridized carbons (Fsp3) is 0.333. The number of para-hydroxylation sites is 1. The van der Waals surface area contributed by atoms with Crippen molar-refractivity contribution >= 4 is 38.8 Å². The van der Waals surface area contributed by atoms with Crippen LogP contribution in [0.25, 0.3) is 10.1 Å². The number of anilines is 2. The van der Waals surface area contributed by atoms with E-state index < -0.39 is 17.7 Å². The summed E-state index contributed by atoms with van der Waals surface area (Å²) >= 11 is 1.69. The van der Waals surface area contributed by atoms with E-state index in [1.165, 1.54) is 23.1 Å².